The van der Waals surface area contributed by atoms with Gasteiger partial charge in [0.25, 0.3) is 0 Å². The Kier molecular flexibility index (Phi) is 4.05. The Balaban J connectivity index is 1.84. The molecule has 0 atom stereocenters. The van der Waals surface area contributed by atoms with Gasteiger partial charge in [0, 0.05) is 18.7 Å². The third kappa shape index (κ3) is 2.93. The molecule has 1 aromatic heterocycles. The number of ketones is 1. The minimum absolute atomic E-state index is 0.0138. The Hall–Kier alpha value is -2.05. The lowest BCUT2D eigenvalue weighted by atomic mass is 9.73. The van der Waals surface area contributed by atoms with Crippen molar-refractivity contribution in [3.63, 3.8) is 0 Å². The third-order valence-electron chi connectivity index (χ3n) is 3.78. The second-order valence-corrected chi connectivity index (χ2v) is 5.40. The van der Waals surface area contributed by atoms with Gasteiger partial charge in [-0.3, -0.25) is 4.79 Å². The second kappa shape index (κ2) is 5.98. The van der Waals surface area contributed by atoms with E-state index < -0.39 is 13.1 Å². The normalized spacial score (nSPS) is 13.9. The summed E-state index contributed by atoms with van der Waals surface area (Å²) < 4.78 is 18.9. The fourth-order valence-electron chi connectivity index (χ4n) is 2.60. The topological polar surface area (TPSA) is 59.4 Å². The van der Waals surface area contributed by atoms with Crippen molar-refractivity contribution in [2.24, 2.45) is 0 Å². The Labute approximate surface area is 128 Å². The van der Waals surface area contributed by atoms with Gasteiger partial charge in [-0.2, -0.15) is 4.39 Å². The largest absolute Gasteiger partial charge is 0.491 e. The van der Waals surface area contributed by atoms with Crippen molar-refractivity contribution in [1.82, 2.24) is 4.98 Å². The van der Waals surface area contributed by atoms with Gasteiger partial charge >= 0.3 is 7.12 Å². The Morgan fingerprint density at radius 3 is 3.00 bits per heavy atom. The van der Waals surface area contributed by atoms with E-state index in [0.29, 0.717) is 23.3 Å². The fraction of sp³-hybridized carbons (Fsp3) is 0.250. The average Bonchev–Trinajstić information content (AvgIpc) is 2.48. The highest BCUT2D eigenvalue weighted by Crippen LogP contribution is 2.13. The van der Waals surface area contributed by atoms with Crippen molar-refractivity contribution in [1.29, 1.82) is 0 Å². The molecule has 1 aliphatic heterocycles. The van der Waals surface area contributed by atoms with Gasteiger partial charge in [0.2, 0.25) is 5.95 Å². The van der Waals surface area contributed by atoms with Gasteiger partial charge in [-0.15, -0.1) is 0 Å². The molecule has 1 aromatic carbocycles. The zero-order chi connectivity index (χ0) is 15.7. The number of nitrogens with zero attached hydrogens (tertiary/aromatic N) is 1. The molecule has 0 saturated heterocycles. The summed E-state index contributed by atoms with van der Waals surface area (Å²) in [5.41, 5.74) is 2.92. The summed E-state index contributed by atoms with van der Waals surface area (Å²) in [6, 6.07) is 8.52. The van der Waals surface area contributed by atoms with Crippen LogP contribution in [0.15, 0.2) is 30.3 Å². The summed E-state index contributed by atoms with van der Waals surface area (Å²) in [6.45, 7) is 2.15. The number of carbonyl (C=O) groups is 1. The SMILES string of the molecule is Cc1ccc(C(=O)Cc2ccc3c(c2)B(O)OCC3)c(F)n1. The summed E-state index contributed by atoms with van der Waals surface area (Å²) in [5.74, 6) is -1.08. The molecule has 0 aliphatic carbocycles. The highest BCUT2D eigenvalue weighted by Gasteiger charge is 2.25. The van der Waals surface area contributed by atoms with Crippen LogP contribution < -0.4 is 5.46 Å². The fourth-order valence-corrected chi connectivity index (χ4v) is 2.60. The monoisotopic (exact) mass is 299 g/mol. The summed E-state index contributed by atoms with van der Waals surface area (Å²) in [4.78, 5) is 15.9. The molecule has 0 radical (unpaired) electrons. The lowest BCUT2D eigenvalue weighted by Crippen LogP contribution is -2.41. The first-order valence-corrected chi connectivity index (χ1v) is 7.12. The van der Waals surface area contributed by atoms with Crippen molar-refractivity contribution in [3.05, 3.63) is 58.7 Å². The van der Waals surface area contributed by atoms with E-state index in [2.05, 4.69) is 4.98 Å². The Morgan fingerprint density at radius 2 is 2.23 bits per heavy atom. The van der Waals surface area contributed by atoms with Crippen molar-refractivity contribution in [2.45, 2.75) is 19.8 Å². The molecule has 0 saturated carbocycles. The summed E-state index contributed by atoms with van der Waals surface area (Å²) in [7, 11) is -0.962. The molecule has 2 heterocycles. The predicted molar refractivity (Wildman–Crippen MR) is 80.7 cm³/mol. The maximum atomic E-state index is 13.7. The summed E-state index contributed by atoms with van der Waals surface area (Å²) in [6.07, 6.45) is 0.790. The number of rotatable bonds is 3. The standard InChI is InChI=1S/C16H15BFNO3/c1-10-2-5-13(16(18)19-10)15(20)9-11-3-4-12-6-7-22-17(21)14(12)8-11/h2-5,8,21H,6-7,9H2,1H3. The molecule has 0 amide bonds. The van der Waals surface area contributed by atoms with Gasteiger partial charge in [0.1, 0.15) is 0 Å². The lowest BCUT2D eigenvalue weighted by molar-refractivity contribution is 0.0988. The molecule has 112 valence electrons. The maximum Gasteiger partial charge on any atom is 0.491 e. The van der Waals surface area contributed by atoms with Gasteiger partial charge in [-0.05, 0) is 42.1 Å². The molecule has 1 aliphatic rings. The van der Waals surface area contributed by atoms with Crippen LogP contribution >= 0.6 is 0 Å². The number of carbonyl (C=O) groups excluding carboxylic acids is 1. The first kappa shape index (κ1) is 14.9. The van der Waals surface area contributed by atoms with Gasteiger partial charge in [-0.1, -0.05) is 18.2 Å². The van der Waals surface area contributed by atoms with Crippen LogP contribution in [0.2, 0.25) is 0 Å². The van der Waals surface area contributed by atoms with Crippen LogP contribution in [-0.4, -0.2) is 29.5 Å². The number of aromatic nitrogens is 1. The second-order valence-electron chi connectivity index (χ2n) is 5.40. The molecule has 6 heteroatoms. The van der Waals surface area contributed by atoms with Crippen LogP contribution in [0.3, 0.4) is 0 Å². The van der Waals surface area contributed by atoms with Crippen molar-refractivity contribution in [2.75, 3.05) is 6.61 Å². The Bertz CT molecular complexity index is 735. The van der Waals surface area contributed by atoms with Crippen molar-refractivity contribution < 1.29 is 18.9 Å². The van der Waals surface area contributed by atoms with Crippen LogP contribution in [-0.2, 0) is 17.5 Å². The summed E-state index contributed by atoms with van der Waals surface area (Å²) >= 11 is 0. The van der Waals surface area contributed by atoms with E-state index in [4.69, 9.17) is 4.65 Å². The smallest absolute Gasteiger partial charge is 0.423 e. The zero-order valence-electron chi connectivity index (χ0n) is 12.2. The van der Waals surface area contributed by atoms with E-state index in [1.807, 2.05) is 12.1 Å². The first-order valence-electron chi connectivity index (χ1n) is 7.12. The molecule has 0 bridgehead atoms. The van der Waals surface area contributed by atoms with Gasteiger partial charge in [0.05, 0.1) is 5.56 Å². The van der Waals surface area contributed by atoms with Crippen LogP contribution in [0, 0.1) is 12.9 Å². The van der Waals surface area contributed by atoms with Gasteiger partial charge < -0.3 is 9.68 Å². The molecule has 1 N–H and O–H groups in total. The quantitative estimate of drug-likeness (QED) is 0.526. The minimum atomic E-state index is -0.962. The predicted octanol–water partition coefficient (Wildman–Crippen LogP) is 1.21. The molecular formula is C16H15BFNO3. The lowest BCUT2D eigenvalue weighted by Gasteiger charge is -2.19. The van der Waals surface area contributed by atoms with E-state index in [0.717, 1.165) is 12.0 Å². The molecular weight excluding hydrogens is 284 g/mol. The van der Waals surface area contributed by atoms with Crippen molar-refractivity contribution >= 4 is 18.4 Å². The molecule has 22 heavy (non-hydrogen) atoms. The third-order valence-corrected chi connectivity index (χ3v) is 3.78. The van der Waals surface area contributed by atoms with E-state index in [1.54, 1.807) is 19.1 Å². The molecule has 2 aromatic rings. The minimum Gasteiger partial charge on any atom is -0.423 e. The van der Waals surface area contributed by atoms with E-state index in [1.165, 1.54) is 6.07 Å². The number of benzene rings is 1. The van der Waals surface area contributed by atoms with Crippen LogP contribution in [0.25, 0.3) is 0 Å². The number of hydrogen-bond acceptors (Lipinski definition) is 4. The number of fused-ring (bicyclic) bond motifs is 1. The number of hydrogen-bond donors (Lipinski definition) is 1. The van der Waals surface area contributed by atoms with Crippen LogP contribution in [0.1, 0.15) is 27.2 Å². The number of pyridine rings is 1. The highest BCUT2D eigenvalue weighted by atomic mass is 19.1. The molecule has 0 fully saturated rings. The molecule has 3 rings (SSSR count). The van der Waals surface area contributed by atoms with Gasteiger partial charge in [0.15, 0.2) is 5.78 Å². The molecule has 0 spiro atoms. The maximum absolute atomic E-state index is 13.7. The highest BCUT2D eigenvalue weighted by molar-refractivity contribution is 6.60. The van der Waals surface area contributed by atoms with Gasteiger partial charge in [-0.25, -0.2) is 4.98 Å². The number of halogens is 1. The number of Topliss-reactive ketones (excluding diaryl/α,β-unsaturated/α-hetero) is 1. The first-order chi connectivity index (χ1) is 10.5. The van der Waals surface area contributed by atoms with E-state index in [9.17, 15) is 14.2 Å². The van der Waals surface area contributed by atoms with Crippen molar-refractivity contribution in [3.8, 4) is 0 Å². The number of aryl methyl sites for hydroxylation is 1. The van der Waals surface area contributed by atoms with E-state index >= 15 is 0 Å². The zero-order valence-corrected chi connectivity index (χ0v) is 12.2. The summed E-state index contributed by atoms with van der Waals surface area (Å²) in [5, 5.41) is 9.83. The van der Waals surface area contributed by atoms with E-state index in [-0.39, 0.29) is 17.8 Å². The van der Waals surface area contributed by atoms with Crippen LogP contribution in [0.4, 0.5) is 4.39 Å². The molecule has 4 nitrogen and oxygen atoms in total. The Morgan fingerprint density at radius 1 is 1.41 bits per heavy atom. The van der Waals surface area contributed by atoms with Crippen LogP contribution in [0.5, 0.6) is 0 Å². The molecule has 0 unspecified atom stereocenters. The average molecular weight is 299 g/mol.